The van der Waals surface area contributed by atoms with Crippen molar-refractivity contribution in [3.63, 3.8) is 0 Å². The maximum absolute atomic E-state index is 10.4. The molecule has 1 rings (SSSR count). The molecule has 0 radical (unpaired) electrons. The van der Waals surface area contributed by atoms with Crippen molar-refractivity contribution in [1.82, 2.24) is 0 Å². The zero-order valence-corrected chi connectivity index (χ0v) is 4.80. The highest BCUT2D eigenvalue weighted by Crippen LogP contribution is 2.12. The number of hydrogen-bond donors (Lipinski definition) is 1. The van der Waals surface area contributed by atoms with Crippen LogP contribution < -0.4 is 0 Å². The summed E-state index contributed by atoms with van der Waals surface area (Å²) in [5, 5.41) is 7.99. The minimum Gasteiger partial charge on any atom is -0.387 e. The van der Waals surface area contributed by atoms with Crippen molar-refractivity contribution in [2.75, 3.05) is 0 Å². The topological polar surface area (TPSA) is 37.3 Å². The average molecular weight is 133 g/mol. The minimum atomic E-state index is -0.774. The Bertz CT molecular complexity index is 141. The van der Waals surface area contributed by atoms with E-state index < -0.39 is 11.5 Å². The molecule has 3 heteroatoms. The summed E-state index contributed by atoms with van der Waals surface area (Å²) in [6, 6.07) is 0. The van der Waals surface area contributed by atoms with E-state index in [0.29, 0.717) is 0 Å². The second-order valence-electron chi connectivity index (χ2n) is 1.65. The normalized spacial score (nSPS) is 36.5. The van der Waals surface area contributed by atoms with Crippen LogP contribution in [0.4, 0.5) is 0 Å². The lowest BCUT2D eigenvalue weighted by molar-refractivity contribution is -0.114. The number of halogens is 1. The Morgan fingerprint density at radius 3 is 2.50 bits per heavy atom. The number of allylic oxidation sites excluding steroid dienone is 1. The molecule has 0 aliphatic heterocycles. The molecule has 0 saturated heterocycles. The summed E-state index contributed by atoms with van der Waals surface area (Å²) < 4.78 is 0. The van der Waals surface area contributed by atoms with Gasteiger partial charge in [-0.05, 0) is 6.08 Å². The largest absolute Gasteiger partial charge is 0.387 e. The van der Waals surface area contributed by atoms with Gasteiger partial charge < -0.3 is 5.11 Å². The van der Waals surface area contributed by atoms with Crippen LogP contribution in [0.15, 0.2) is 12.2 Å². The molecular weight excluding hydrogens is 128 g/mol. The third-order valence-corrected chi connectivity index (χ3v) is 1.50. The van der Waals surface area contributed by atoms with Gasteiger partial charge in [0.1, 0.15) is 5.38 Å². The second-order valence-corrected chi connectivity index (χ2v) is 2.12. The predicted molar refractivity (Wildman–Crippen MR) is 29.8 cm³/mol. The van der Waals surface area contributed by atoms with Crippen LogP contribution in [0, 0.1) is 0 Å². The van der Waals surface area contributed by atoms with Crippen LogP contribution in [0.1, 0.15) is 0 Å². The van der Waals surface area contributed by atoms with Gasteiger partial charge in [0.25, 0.3) is 0 Å². The molecule has 44 valence electrons. The maximum atomic E-state index is 10.4. The third-order valence-electron chi connectivity index (χ3n) is 1.03. The fraction of sp³-hybridized carbons (Fsp3) is 0.400. The quantitative estimate of drug-likeness (QED) is 0.475. The average Bonchev–Trinajstić information content (AvgIpc) is 1.98. The molecule has 0 aromatic rings. The van der Waals surface area contributed by atoms with Crippen molar-refractivity contribution in [1.29, 1.82) is 0 Å². The molecule has 2 unspecified atom stereocenters. The number of rotatable bonds is 0. The number of alkyl halides is 1. The molecule has 1 aliphatic rings. The van der Waals surface area contributed by atoms with Crippen molar-refractivity contribution in [3.05, 3.63) is 12.2 Å². The van der Waals surface area contributed by atoms with Crippen LogP contribution in [-0.2, 0) is 4.79 Å². The number of aliphatic hydroxyl groups excluding tert-OH is 1. The van der Waals surface area contributed by atoms with Crippen molar-refractivity contribution in [2.45, 2.75) is 11.5 Å². The van der Waals surface area contributed by atoms with Gasteiger partial charge in [0, 0.05) is 0 Å². The molecule has 0 bridgehead atoms. The van der Waals surface area contributed by atoms with E-state index >= 15 is 0 Å². The van der Waals surface area contributed by atoms with Gasteiger partial charge in [0.2, 0.25) is 0 Å². The fourth-order valence-corrected chi connectivity index (χ4v) is 0.708. The van der Waals surface area contributed by atoms with E-state index in [9.17, 15) is 4.79 Å². The summed E-state index contributed by atoms with van der Waals surface area (Å²) in [7, 11) is 0. The van der Waals surface area contributed by atoms with Crippen LogP contribution in [0.25, 0.3) is 0 Å². The smallest absolute Gasteiger partial charge is 0.176 e. The molecule has 0 aromatic heterocycles. The summed E-state index contributed by atoms with van der Waals surface area (Å²) in [5.74, 6) is -0.209. The number of carbonyl (C=O) groups excluding carboxylic acids is 1. The zero-order valence-electron chi connectivity index (χ0n) is 4.04. The van der Waals surface area contributed by atoms with Gasteiger partial charge in [-0.1, -0.05) is 6.08 Å². The predicted octanol–water partition coefficient (Wildman–Crippen LogP) is 0.0936. The zero-order chi connectivity index (χ0) is 6.15. The second kappa shape index (κ2) is 1.88. The third kappa shape index (κ3) is 0.767. The lowest BCUT2D eigenvalue weighted by Crippen LogP contribution is -2.19. The Labute approximate surface area is 51.8 Å². The lowest BCUT2D eigenvalue weighted by Gasteiger charge is -2.00. The molecule has 2 atom stereocenters. The molecule has 0 fully saturated rings. The Morgan fingerprint density at radius 1 is 1.75 bits per heavy atom. The van der Waals surface area contributed by atoms with Crippen LogP contribution in [0.3, 0.4) is 0 Å². The van der Waals surface area contributed by atoms with Crippen LogP contribution in [0.2, 0.25) is 0 Å². The van der Waals surface area contributed by atoms with Crippen LogP contribution in [-0.4, -0.2) is 22.4 Å². The van der Waals surface area contributed by atoms with E-state index in [4.69, 9.17) is 16.7 Å². The van der Waals surface area contributed by atoms with Gasteiger partial charge in [-0.2, -0.15) is 0 Å². The highest BCUT2D eigenvalue weighted by atomic mass is 35.5. The molecule has 2 nitrogen and oxygen atoms in total. The monoisotopic (exact) mass is 132 g/mol. The van der Waals surface area contributed by atoms with Crippen molar-refractivity contribution < 1.29 is 9.90 Å². The molecule has 1 N–H and O–H groups in total. The summed E-state index contributed by atoms with van der Waals surface area (Å²) in [6.07, 6.45) is 1.91. The van der Waals surface area contributed by atoms with Gasteiger partial charge in [-0.25, -0.2) is 0 Å². The number of aliphatic hydroxyl groups is 1. The number of ketones is 1. The Morgan fingerprint density at radius 2 is 2.38 bits per heavy atom. The van der Waals surface area contributed by atoms with Gasteiger partial charge in [0.05, 0.1) is 6.10 Å². The highest BCUT2D eigenvalue weighted by molar-refractivity contribution is 6.34. The fourth-order valence-electron chi connectivity index (χ4n) is 0.551. The summed E-state index contributed by atoms with van der Waals surface area (Å²) in [5.41, 5.74) is 0. The summed E-state index contributed by atoms with van der Waals surface area (Å²) >= 11 is 5.35. The Kier molecular flexibility index (Phi) is 1.36. The molecule has 0 amide bonds. The molecular formula is C5H5ClO2. The molecule has 8 heavy (non-hydrogen) atoms. The SMILES string of the molecule is O=C1C=CC(O)C1Cl. The standard InChI is InChI=1S/C5H5ClO2/c6-5-3(7)1-2-4(5)8/h1-3,5,7H. The Balaban J connectivity index is 2.69. The number of hydrogen-bond acceptors (Lipinski definition) is 2. The lowest BCUT2D eigenvalue weighted by atomic mass is 10.3. The summed E-state index contributed by atoms with van der Waals surface area (Å²) in [4.78, 5) is 10.4. The minimum absolute atomic E-state index is 0.209. The molecule has 1 aliphatic carbocycles. The van der Waals surface area contributed by atoms with Gasteiger partial charge in [0.15, 0.2) is 5.78 Å². The highest BCUT2D eigenvalue weighted by Gasteiger charge is 2.25. The first-order valence-corrected chi connectivity index (χ1v) is 2.69. The van der Waals surface area contributed by atoms with Crippen molar-refractivity contribution >= 4 is 17.4 Å². The van der Waals surface area contributed by atoms with E-state index in [2.05, 4.69) is 0 Å². The van der Waals surface area contributed by atoms with E-state index in [1.54, 1.807) is 0 Å². The van der Waals surface area contributed by atoms with E-state index in [0.717, 1.165) is 0 Å². The molecule has 0 saturated carbocycles. The number of carbonyl (C=O) groups is 1. The van der Waals surface area contributed by atoms with Crippen molar-refractivity contribution in [2.24, 2.45) is 0 Å². The maximum Gasteiger partial charge on any atom is 0.176 e. The Hall–Kier alpha value is -0.340. The van der Waals surface area contributed by atoms with Crippen LogP contribution >= 0.6 is 11.6 Å². The molecule has 0 spiro atoms. The first-order chi connectivity index (χ1) is 3.72. The molecule has 0 heterocycles. The van der Waals surface area contributed by atoms with E-state index in [1.165, 1.54) is 12.2 Å². The van der Waals surface area contributed by atoms with Crippen LogP contribution in [0.5, 0.6) is 0 Å². The van der Waals surface area contributed by atoms with E-state index in [-0.39, 0.29) is 5.78 Å². The first-order valence-electron chi connectivity index (χ1n) is 2.26. The summed E-state index contributed by atoms with van der Waals surface area (Å²) in [6.45, 7) is 0. The van der Waals surface area contributed by atoms with Crippen molar-refractivity contribution in [3.8, 4) is 0 Å². The van der Waals surface area contributed by atoms with Gasteiger partial charge >= 0.3 is 0 Å². The van der Waals surface area contributed by atoms with E-state index in [1.807, 2.05) is 0 Å². The van der Waals surface area contributed by atoms with Gasteiger partial charge in [-0.3, -0.25) is 4.79 Å². The first kappa shape index (κ1) is 5.79. The molecule has 0 aromatic carbocycles. The van der Waals surface area contributed by atoms with Gasteiger partial charge in [-0.15, -0.1) is 11.6 Å².